The van der Waals surface area contributed by atoms with E-state index in [4.69, 9.17) is 4.52 Å². The van der Waals surface area contributed by atoms with Crippen LogP contribution in [-0.2, 0) is 14.2 Å². The molecule has 1 aromatic rings. The topological polar surface area (TPSA) is 110 Å². The number of nitrogens with zero attached hydrogens (tertiary/aromatic N) is 3. The van der Waals surface area contributed by atoms with Crippen molar-refractivity contribution in [1.29, 1.82) is 0 Å². The van der Waals surface area contributed by atoms with Crippen molar-refractivity contribution in [2.45, 2.75) is 6.42 Å². The third kappa shape index (κ3) is 2.59. The van der Waals surface area contributed by atoms with Crippen molar-refractivity contribution in [1.82, 2.24) is 9.34 Å². The summed E-state index contributed by atoms with van der Waals surface area (Å²) in [5.74, 6) is -1.16. The number of amides is 2. The molecule has 0 bridgehead atoms. The molecular formula is C11H12N3O6P. The number of benzene rings is 1. The maximum absolute atomic E-state index is 12.8. The molecular weight excluding hydrogens is 301 g/mol. The molecule has 2 amide bonds. The van der Waals surface area contributed by atoms with Crippen molar-refractivity contribution in [2.75, 3.05) is 14.1 Å². The minimum Gasteiger partial charge on any atom is -0.414 e. The lowest BCUT2D eigenvalue weighted by molar-refractivity contribution is -0.384. The van der Waals surface area contributed by atoms with E-state index in [1.54, 1.807) is 0 Å². The van der Waals surface area contributed by atoms with E-state index in [0.29, 0.717) is 0 Å². The van der Waals surface area contributed by atoms with Gasteiger partial charge in [0.2, 0.25) is 11.8 Å². The van der Waals surface area contributed by atoms with Gasteiger partial charge in [0.1, 0.15) is 12.2 Å². The molecule has 9 nitrogen and oxygen atoms in total. The number of rotatable bonds is 3. The molecule has 1 fully saturated rings. The predicted octanol–water partition coefficient (Wildman–Crippen LogP) is 1.40. The number of carbonyl (C=O) groups excluding carboxylic acids is 2. The molecule has 0 radical (unpaired) electrons. The Labute approximate surface area is 119 Å². The van der Waals surface area contributed by atoms with E-state index in [0.717, 1.165) is 9.34 Å². The second-order valence-electron chi connectivity index (χ2n) is 4.34. The third-order valence-electron chi connectivity index (χ3n) is 3.05. The Morgan fingerprint density at radius 2 is 1.62 bits per heavy atom. The first-order chi connectivity index (χ1) is 9.75. The summed E-state index contributed by atoms with van der Waals surface area (Å²) < 4.78 is 19.8. The Hall–Kier alpha value is -2.41. The Balaban J connectivity index is 2.31. The number of nitro groups is 1. The van der Waals surface area contributed by atoms with Crippen molar-refractivity contribution >= 4 is 25.2 Å². The fraction of sp³-hybridized carbons (Fsp3) is 0.273. The molecule has 10 heteroatoms. The van der Waals surface area contributed by atoms with Crippen LogP contribution in [0.3, 0.4) is 0 Å². The molecule has 0 aliphatic carbocycles. The highest BCUT2D eigenvalue weighted by Gasteiger charge is 2.47. The molecule has 1 heterocycles. The zero-order valence-electron chi connectivity index (χ0n) is 11.3. The van der Waals surface area contributed by atoms with Gasteiger partial charge in [-0.2, -0.15) is 0 Å². The number of non-ortho nitro benzene ring substituents is 1. The number of nitro benzene ring substituents is 1. The van der Waals surface area contributed by atoms with Gasteiger partial charge in [-0.3, -0.25) is 19.7 Å². The fourth-order valence-electron chi connectivity index (χ4n) is 1.73. The molecule has 2 rings (SSSR count). The zero-order chi connectivity index (χ0) is 15.8. The van der Waals surface area contributed by atoms with Crippen molar-refractivity contribution in [3.05, 3.63) is 34.4 Å². The highest BCUT2D eigenvalue weighted by Crippen LogP contribution is 2.55. The van der Waals surface area contributed by atoms with Crippen molar-refractivity contribution in [2.24, 2.45) is 0 Å². The number of hydrogen-bond donors (Lipinski definition) is 0. The first-order valence-electron chi connectivity index (χ1n) is 5.84. The molecule has 1 aliphatic rings. The molecule has 21 heavy (non-hydrogen) atoms. The normalized spacial score (nSPS) is 17.8. The van der Waals surface area contributed by atoms with E-state index in [9.17, 15) is 24.3 Å². The summed E-state index contributed by atoms with van der Waals surface area (Å²) in [6.45, 7) is 0. The summed E-state index contributed by atoms with van der Waals surface area (Å²) in [4.78, 5) is 33.2. The standard InChI is InChI=1S/C11H12N3O6P/c1-12-10(15)7-11(16)13(2)21(12,19)20-9-5-3-8(4-6-9)14(17)18/h3-6H,7H2,1-2H3. The fourth-order valence-corrected chi connectivity index (χ4v) is 3.48. The first kappa shape index (κ1) is 15.0. The highest BCUT2D eigenvalue weighted by atomic mass is 31.2. The molecule has 0 aromatic heterocycles. The van der Waals surface area contributed by atoms with Gasteiger partial charge in [-0.05, 0) is 12.1 Å². The molecule has 1 saturated heterocycles. The second-order valence-corrected chi connectivity index (χ2v) is 6.71. The molecule has 0 spiro atoms. The lowest BCUT2D eigenvalue weighted by Gasteiger charge is -2.37. The van der Waals surface area contributed by atoms with Crippen molar-refractivity contribution in [3.63, 3.8) is 0 Å². The van der Waals surface area contributed by atoms with Crippen LogP contribution in [0.15, 0.2) is 24.3 Å². The van der Waals surface area contributed by atoms with Crippen molar-refractivity contribution < 1.29 is 23.6 Å². The lowest BCUT2D eigenvalue weighted by atomic mass is 10.3. The smallest absolute Gasteiger partial charge is 0.414 e. The monoisotopic (exact) mass is 313 g/mol. The first-order valence-corrected chi connectivity index (χ1v) is 7.37. The number of carbonyl (C=O) groups is 2. The zero-order valence-corrected chi connectivity index (χ0v) is 12.1. The van der Waals surface area contributed by atoms with Gasteiger partial charge < -0.3 is 4.52 Å². The van der Waals surface area contributed by atoms with Gasteiger partial charge in [0, 0.05) is 26.2 Å². The van der Waals surface area contributed by atoms with Gasteiger partial charge in [-0.25, -0.2) is 13.9 Å². The highest BCUT2D eigenvalue weighted by molar-refractivity contribution is 7.56. The van der Waals surface area contributed by atoms with Crippen LogP contribution in [-0.4, -0.2) is 40.2 Å². The summed E-state index contributed by atoms with van der Waals surface area (Å²) in [7, 11) is -1.32. The van der Waals surface area contributed by atoms with Gasteiger partial charge in [0.05, 0.1) is 4.92 Å². The Kier molecular flexibility index (Phi) is 3.69. The van der Waals surface area contributed by atoms with E-state index < -0.39 is 24.4 Å². The molecule has 0 atom stereocenters. The molecule has 1 aromatic carbocycles. The Morgan fingerprint density at radius 1 is 1.14 bits per heavy atom. The quantitative estimate of drug-likeness (QED) is 0.361. The molecule has 1 aliphatic heterocycles. The van der Waals surface area contributed by atoms with Gasteiger partial charge in [0.15, 0.2) is 0 Å². The minimum atomic E-state index is -3.87. The van der Waals surface area contributed by atoms with Crippen LogP contribution in [0.2, 0.25) is 0 Å². The summed E-state index contributed by atoms with van der Waals surface area (Å²) in [5.41, 5.74) is -0.155. The predicted molar refractivity (Wildman–Crippen MR) is 71.5 cm³/mol. The second kappa shape index (κ2) is 5.17. The molecule has 0 N–H and O–H groups in total. The van der Waals surface area contributed by atoms with Crippen LogP contribution in [0.1, 0.15) is 6.42 Å². The third-order valence-corrected chi connectivity index (χ3v) is 5.47. The van der Waals surface area contributed by atoms with Crippen LogP contribution >= 0.6 is 7.67 Å². The summed E-state index contributed by atoms with van der Waals surface area (Å²) in [5, 5.41) is 10.6. The number of hydrogen-bond acceptors (Lipinski definition) is 6. The van der Waals surface area contributed by atoms with E-state index in [1.807, 2.05) is 0 Å². The maximum Gasteiger partial charge on any atom is 0.453 e. The lowest BCUT2D eigenvalue weighted by Crippen LogP contribution is -2.44. The largest absolute Gasteiger partial charge is 0.453 e. The summed E-state index contributed by atoms with van der Waals surface area (Å²) in [6.07, 6.45) is -0.374. The average Bonchev–Trinajstić information content (AvgIpc) is 2.44. The van der Waals surface area contributed by atoms with Crippen molar-refractivity contribution in [3.8, 4) is 5.75 Å². The van der Waals surface area contributed by atoms with E-state index in [-0.39, 0.29) is 17.9 Å². The minimum absolute atomic E-state index is 0.0603. The van der Waals surface area contributed by atoms with Gasteiger partial charge in [0.25, 0.3) is 5.69 Å². The van der Waals surface area contributed by atoms with Crippen LogP contribution in [0.4, 0.5) is 5.69 Å². The molecule has 112 valence electrons. The van der Waals surface area contributed by atoms with E-state index >= 15 is 0 Å². The maximum atomic E-state index is 12.8. The van der Waals surface area contributed by atoms with Crippen LogP contribution in [0.25, 0.3) is 0 Å². The van der Waals surface area contributed by atoms with E-state index in [2.05, 4.69) is 0 Å². The van der Waals surface area contributed by atoms with Gasteiger partial charge in [-0.1, -0.05) is 0 Å². The van der Waals surface area contributed by atoms with E-state index in [1.165, 1.54) is 38.4 Å². The Morgan fingerprint density at radius 3 is 2.05 bits per heavy atom. The van der Waals surface area contributed by atoms with Crippen LogP contribution < -0.4 is 4.52 Å². The molecule has 0 saturated carbocycles. The summed E-state index contributed by atoms with van der Waals surface area (Å²) >= 11 is 0. The molecule has 0 unspecified atom stereocenters. The SMILES string of the molecule is CN1C(=O)CC(=O)N(C)P1(=O)Oc1ccc([N+](=O)[O-])cc1. The Bertz CT molecular complexity index is 634. The van der Waals surface area contributed by atoms with Crippen LogP contribution in [0.5, 0.6) is 5.75 Å². The van der Waals surface area contributed by atoms with Gasteiger partial charge >= 0.3 is 7.67 Å². The average molecular weight is 313 g/mol. The van der Waals surface area contributed by atoms with Gasteiger partial charge in [-0.15, -0.1) is 0 Å². The summed E-state index contributed by atoms with van der Waals surface area (Å²) in [6, 6.07) is 4.86. The van der Waals surface area contributed by atoms with Crippen LogP contribution in [0, 0.1) is 10.1 Å².